The van der Waals surface area contributed by atoms with Crippen LogP contribution in [0.4, 0.5) is 0 Å². The number of aryl methyl sites for hydroxylation is 6. The molecule has 6 aliphatic rings. The second kappa shape index (κ2) is 39.4. The van der Waals surface area contributed by atoms with Crippen LogP contribution in [0.3, 0.4) is 0 Å². The van der Waals surface area contributed by atoms with Crippen molar-refractivity contribution >= 4 is 64.4 Å². The van der Waals surface area contributed by atoms with Crippen LogP contribution in [0.25, 0.3) is 0 Å². The number of likely N-dealkylation sites (tertiary alicyclic amines) is 3. The second-order valence-electron chi connectivity index (χ2n) is 24.5. The molecule has 19 heteroatoms. The number of benzene rings is 3. The van der Waals surface area contributed by atoms with Gasteiger partial charge in [-0.05, 0) is 195 Å². The van der Waals surface area contributed by atoms with Crippen LogP contribution in [0.2, 0.25) is 5.02 Å². The van der Waals surface area contributed by atoms with Gasteiger partial charge in [0.1, 0.15) is 19.8 Å². The maximum atomic E-state index is 12.8. The number of hydrogen-bond donors (Lipinski definition) is 0. The fraction of sp³-hybridized carbons (Fsp3) is 0.480. The zero-order chi connectivity index (χ0) is 67.0. The van der Waals surface area contributed by atoms with Gasteiger partial charge in [-0.1, -0.05) is 123 Å². The van der Waals surface area contributed by atoms with Crippen molar-refractivity contribution in [3.05, 3.63) is 175 Å². The monoisotopic (exact) mass is 1310 g/mol. The van der Waals surface area contributed by atoms with Crippen LogP contribution in [0.15, 0.2) is 119 Å². The number of nitrogens with zero attached hydrogens (tertiary/aromatic N) is 6. The summed E-state index contributed by atoms with van der Waals surface area (Å²) in [6.45, 7) is 16.8. The van der Waals surface area contributed by atoms with Crippen LogP contribution in [0, 0.1) is 41.5 Å². The molecule has 3 fully saturated rings. The number of carbonyl (C=O) groups is 6. The third-order valence-electron chi connectivity index (χ3n) is 16.7. The lowest BCUT2D eigenvalue weighted by atomic mass is 9.94. The first-order chi connectivity index (χ1) is 45.6. The molecule has 3 amide bonds. The first-order valence-electron chi connectivity index (χ1n) is 33.4. The van der Waals surface area contributed by atoms with Crippen molar-refractivity contribution in [1.82, 2.24) is 14.7 Å². The quantitative estimate of drug-likeness (QED) is 0.0849. The van der Waals surface area contributed by atoms with Gasteiger partial charge < -0.3 is 43.4 Å². The van der Waals surface area contributed by atoms with Crippen molar-refractivity contribution in [2.45, 2.75) is 157 Å². The number of hydrogen-bond acceptors (Lipinski definition) is 15. The summed E-state index contributed by atoms with van der Waals surface area (Å²) < 4.78 is 16.3. The van der Waals surface area contributed by atoms with E-state index in [1.807, 2.05) is 159 Å². The zero-order valence-corrected chi connectivity index (χ0v) is 56.7. The molecule has 6 heterocycles. The first-order valence-corrected chi connectivity index (χ1v) is 33.8. The number of allylic oxidation sites excluding steroid dienone is 9. The van der Waals surface area contributed by atoms with Crippen LogP contribution in [0.5, 0.6) is 0 Å². The van der Waals surface area contributed by atoms with Gasteiger partial charge in [-0.15, -0.1) is 0 Å². The molecule has 0 bridgehead atoms. The number of rotatable bonds is 9. The van der Waals surface area contributed by atoms with Crippen LogP contribution < -0.4 is 0 Å². The molecule has 9 rings (SSSR count). The normalized spacial score (nSPS) is 21.1. The van der Waals surface area contributed by atoms with Crippen LogP contribution >= 0.6 is 11.6 Å². The van der Waals surface area contributed by atoms with Crippen molar-refractivity contribution < 1.29 is 57.5 Å². The van der Waals surface area contributed by atoms with Crippen LogP contribution in [-0.2, 0) is 62.4 Å². The molecule has 0 saturated carbocycles. The van der Waals surface area contributed by atoms with Crippen molar-refractivity contribution in [1.29, 1.82) is 0 Å². The molecule has 0 aromatic heterocycles. The highest BCUT2D eigenvalue weighted by atomic mass is 35.5. The number of cyclic esters (lactones) is 3. The van der Waals surface area contributed by atoms with E-state index in [2.05, 4.69) is 15.5 Å². The van der Waals surface area contributed by atoms with E-state index in [1.165, 1.54) is 12.8 Å². The van der Waals surface area contributed by atoms with E-state index in [0.717, 1.165) is 167 Å². The van der Waals surface area contributed by atoms with E-state index in [-0.39, 0.29) is 69.3 Å². The topological polar surface area (TPSA) is 205 Å². The van der Waals surface area contributed by atoms with Crippen molar-refractivity contribution in [2.75, 3.05) is 78.9 Å². The van der Waals surface area contributed by atoms with Gasteiger partial charge in [-0.2, -0.15) is 0 Å². The number of oxime groups is 3. The molecule has 0 radical (unpaired) electrons. The maximum Gasteiger partial charge on any atom is 0.339 e. The van der Waals surface area contributed by atoms with E-state index in [0.29, 0.717) is 63.7 Å². The van der Waals surface area contributed by atoms with Gasteiger partial charge in [-0.3, -0.25) is 14.4 Å². The molecule has 0 N–H and O–H groups in total. The molecule has 504 valence electrons. The Balaban J connectivity index is 0.000000200. The largest absolute Gasteiger partial charge is 0.458 e. The van der Waals surface area contributed by atoms with E-state index >= 15 is 0 Å². The van der Waals surface area contributed by atoms with Gasteiger partial charge in [0.25, 0.3) is 17.7 Å². The summed E-state index contributed by atoms with van der Waals surface area (Å²) in [7, 11) is 0. The number of carbonyl (C=O) groups excluding carboxylic acids is 6. The van der Waals surface area contributed by atoms with Crippen LogP contribution in [-0.4, -0.2) is 146 Å². The molecule has 0 spiro atoms. The Kier molecular flexibility index (Phi) is 30.6. The molecule has 0 aliphatic carbocycles. The Hall–Kier alpha value is -8.38. The Bertz CT molecular complexity index is 3250. The lowest BCUT2D eigenvalue weighted by Gasteiger charge is -2.26. The number of halogens is 1. The van der Waals surface area contributed by atoms with Gasteiger partial charge in [0.05, 0.1) is 33.8 Å². The van der Waals surface area contributed by atoms with Gasteiger partial charge in [0.15, 0.2) is 19.8 Å². The molecule has 94 heavy (non-hydrogen) atoms. The Morgan fingerprint density at radius 3 is 1.09 bits per heavy atom. The Labute approximate surface area is 560 Å². The molecule has 3 aromatic carbocycles. The predicted octanol–water partition coefficient (Wildman–Crippen LogP) is 13.5. The number of fused-ring (bicyclic) bond motifs is 3. The average Bonchev–Trinajstić information content (AvgIpc) is 0.868. The average molecular weight is 1310 g/mol. The summed E-state index contributed by atoms with van der Waals surface area (Å²) in [4.78, 5) is 97.3. The maximum absolute atomic E-state index is 12.8. The molecule has 3 aromatic rings. The molecule has 0 unspecified atom stereocenters. The van der Waals surface area contributed by atoms with Gasteiger partial charge in [0.2, 0.25) is 0 Å². The van der Waals surface area contributed by atoms with E-state index < -0.39 is 5.97 Å². The van der Waals surface area contributed by atoms with Gasteiger partial charge >= 0.3 is 17.9 Å². The van der Waals surface area contributed by atoms with E-state index in [1.54, 1.807) is 0 Å². The lowest BCUT2D eigenvalue weighted by molar-refractivity contribution is -0.137. The van der Waals surface area contributed by atoms with Crippen molar-refractivity contribution in [2.24, 2.45) is 15.5 Å². The minimum absolute atomic E-state index is 0.0292. The third kappa shape index (κ3) is 23.9. The smallest absolute Gasteiger partial charge is 0.339 e. The van der Waals surface area contributed by atoms with Crippen LogP contribution in [0.1, 0.15) is 177 Å². The fourth-order valence-corrected chi connectivity index (χ4v) is 12.2. The van der Waals surface area contributed by atoms with Gasteiger partial charge in [0, 0.05) is 63.6 Å². The predicted molar refractivity (Wildman–Crippen MR) is 369 cm³/mol. The highest BCUT2D eigenvalue weighted by Gasteiger charge is 2.25. The standard InChI is InChI=1S/C25H31ClN2O4.2C25H32N2O4/c1-18-15-19(2)24(26)21-16-20(27-32-17-22(29)28-12-8-6-9-13-28)11-7-4-3-5-10-14-31-25(30)23(18)21;2*1-19-15-20(2)24-21(16-19)17-22(11-7-4-3-5-10-14-30-25(24)29)26-31-18-23(28)27-12-8-6-9-13-27/h5,7,10-11,15H,3-4,6,8-9,12-14,16-17H2,1-2H3;2*5,7,10-11,15-16H,3-4,6,8-9,12-14,17-18H2,1-2H3/b10-5+,11-7+,27-20-;10-5+,11-7+,26-22+;10-5+,11-7+,26-22-. The molecule has 3 saturated heterocycles. The summed E-state index contributed by atoms with van der Waals surface area (Å²) >= 11 is 6.62. The minimum atomic E-state index is -0.409. The second-order valence-corrected chi connectivity index (χ2v) is 24.9. The molecular formula is C75H95ClN6O12. The molecule has 6 aliphatic heterocycles. The van der Waals surface area contributed by atoms with Gasteiger partial charge in [-0.25, -0.2) is 14.4 Å². The Morgan fingerprint density at radius 1 is 0.404 bits per heavy atom. The molecule has 18 nitrogen and oxygen atoms in total. The summed E-state index contributed by atoms with van der Waals surface area (Å²) in [5.41, 5.74) is 11.5. The van der Waals surface area contributed by atoms with Crippen molar-refractivity contribution in [3.8, 4) is 0 Å². The minimum Gasteiger partial charge on any atom is -0.458 e. The number of amides is 3. The Morgan fingerprint density at radius 2 is 0.723 bits per heavy atom. The van der Waals surface area contributed by atoms with E-state index in [9.17, 15) is 28.8 Å². The first kappa shape index (κ1) is 73.0. The molecular weight excluding hydrogens is 1210 g/mol. The van der Waals surface area contributed by atoms with E-state index in [4.69, 9.17) is 40.3 Å². The summed E-state index contributed by atoms with van der Waals surface area (Å²) in [6, 6.07) is 9.82. The zero-order valence-electron chi connectivity index (χ0n) is 56.0. The number of esters is 3. The molecule has 0 atom stereocenters. The number of ether oxygens (including phenoxy) is 3. The van der Waals surface area contributed by atoms with Crippen molar-refractivity contribution in [3.63, 3.8) is 0 Å². The lowest BCUT2D eigenvalue weighted by Crippen LogP contribution is -2.37. The summed E-state index contributed by atoms with van der Waals surface area (Å²) in [6.07, 6.45) is 39.3. The summed E-state index contributed by atoms with van der Waals surface area (Å²) in [5, 5.41) is 13.3. The third-order valence-corrected chi connectivity index (χ3v) is 17.2. The fourth-order valence-electron chi connectivity index (χ4n) is 12.0. The SMILES string of the molecule is Cc1cc(C)c2c(c1)CC(=N/OCC(=O)N1CCCCC1)/C=C/CC/C=C/COC2=O.Cc1cc(C)c2c(c1)CC(=N\OCC(=O)N1CCCCC1)/C=C/CC/C=C/COC2=O.Cc1cc(C)c2c(c1Cl)CC(=N\OCC(=O)N1CCCCC1)/C=C/CC/C=C/COC2=O. The highest BCUT2D eigenvalue weighted by Crippen LogP contribution is 2.30. The summed E-state index contributed by atoms with van der Waals surface area (Å²) in [5.74, 6) is -1.19. The number of piperidine rings is 3. The highest BCUT2D eigenvalue weighted by molar-refractivity contribution is 6.33.